The van der Waals surface area contributed by atoms with Gasteiger partial charge in [0.2, 0.25) is 5.91 Å². The van der Waals surface area contributed by atoms with E-state index >= 15 is 0 Å². The molecular weight excluding hydrogens is 389 g/mol. The van der Waals surface area contributed by atoms with E-state index in [1.165, 1.54) is 29.9 Å². The van der Waals surface area contributed by atoms with Crippen LogP contribution in [-0.4, -0.2) is 41.4 Å². The third kappa shape index (κ3) is 4.68. The predicted octanol–water partition coefficient (Wildman–Crippen LogP) is 3.39. The summed E-state index contributed by atoms with van der Waals surface area (Å²) in [6, 6.07) is 8.37. The maximum atomic E-state index is 12.7. The highest BCUT2D eigenvalue weighted by Gasteiger charge is 2.49. The van der Waals surface area contributed by atoms with Crippen LogP contribution in [0.5, 0.6) is 0 Å². The van der Waals surface area contributed by atoms with E-state index in [4.69, 9.17) is 5.73 Å². The standard InChI is InChI=1S/C19H27N3OS.2ClH/c20-18-15-5-4-14(11-15)17(18)19(23)21-16-3-1-2-13(10-16)12-22-6-8-24-9-7-22;;/h1-3,10,14-15,17-18H,4-9,11-12,20H2,(H,21,23);2*1H. The van der Waals surface area contributed by atoms with E-state index in [-0.39, 0.29) is 42.7 Å². The quantitative estimate of drug-likeness (QED) is 0.787. The highest BCUT2D eigenvalue weighted by molar-refractivity contribution is 7.99. The van der Waals surface area contributed by atoms with Gasteiger partial charge in [-0.15, -0.1) is 24.8 Å². The van der Waals surface area contributed by atoms with Crippen molar-refractivity contribution < 1.29 is 4.79 Å². The monoisotopic (exact) mass is 417 g/mol. The molecule has 3 fully saturated rings. The van der Waals surface area contributed by atoms with Crippen LogP contribution in [0.15, 0.2) is 24.3 Å². The number of nitrogens with zero attached hydrogens (tertiary/aromatic N) is 1. The van der Waals surface area contributed by atoms with Gasteiger partial charge in [-0.1, -0.05) is 12.1 Å². The van der Waals surface area contributed by atoms with Crippen molar-refractivity contribution >= 4 is 48.2 Å². The number of rotatable bonds is 4. The Kier molecular flexibility index (Phi) is 8.10. The van der Waals surface area contributed by atoms with Gasteiger partial charge in [0.05, 0.1) is 5.92 Å². The summed E-state index contributed by atoms with van der Waals surface area (Å²) in [5.74, 6) is 3.64. The Morgan fingerprint density at radius 3 is 2.62 bits per heavy atom. The van der Waals surface area contributed by atoms with Crippen molar-refractivity contribution in [3.63, 3.8) is 0 Å². The molecule has 7 heteroatoms. The van der Waals surface area contributed by atoms with Gasteiger partial charge in [-0.05, 0) is 48.8 Å². The minimum atomic E-state index is 0. The highest BCUT2D eigenvalue weighted by Crippen LogP contribution is 2.47. The minimum Gasteiger partial charge on any atom is -0.327 e. The Balaban J connectivity index is 0.00000121. The van der Waals surface area contributed by atoms with Crippen molar-refractivity contribution in [3.8, 4) is 0 Å². The zero-order valence-corrected chi connectivity index (χ0v) is 17.4. The van der Waals surface area contributed by atoms with Crippen molar-refractivity contribution in [3.05, 3.63) is 29.8 Å². The number of thioether (sulfide) groups is 1. The molecule has 1 saturated heterocycles. The van der Waals surface area contributed by atoms with Crippen molar-refractivity contribution in [2.24, 2.45) is 23.5 Å². The first-order valence-corrected chi connectivity index (χ1v) is 10.3. The number of amides is 1. The number of benzene rings is 1. The largest absolute Gasteiger partial charge is 0.327 e. The molecule has 26 heavy (non-hydrogen) atoms. The number of halogens is 2. The Bertz CT molecular complexity index is 610. The average Bonchev–Trinajstić information content (AvgIpc) is 3.17. The number of carbonyl (C=O) groups excluding carboxylic acids is 1. The van der Waals surface area contributed by atoms with E-state index in [9.17, 15) is 4.79 Å². The lowest BCUT2D eigenvalue weighted by Gasteiger charge is -2.27. The first-order valence-electron chi connectivity index (χ1n) is 9.16. The molecule has 146 valence electrons. The third-order valence-corrected chi connectivity index (χ3v) is 6.93. The molecule has 2 saturated carbocycles. The van der Waals surface area contributed by atoms with Crippen LogP contribution < -0.4 is 11.1 Å². The SMILES string of the molecule is Cl.Cl.NC1C2CCC(C2)C1C(=O)Nc1cccc(CN2CCSCC2)c1. The minimum absolute atomic E-state index is 0. The van der Waals surface area contributed by atoms with Gasteiger partial charge < -0.3 is 11.1 Å². The van der Waals surface area contributed by atoms with Crippen molar-refractivity contribution in [2.75, 3.05) is 29.9 Å². The average molecular weight is 418 g/mol. The second kappa shape index (κ2) is 9.65. The summed E-state index contributed by atoms with van der Waals surface area (Å²) in [6.07, 6.45) is 3.52. The number of carbonyl (C=O) groups is 1. The summed E-state index contributed by atoms with van der Waals surface area (Å²) in [5.41, 5.74) is 8.49. The normalized spacial score (nSPS) is 30.3. The lowest BCUT2D eigenvalue weighted by Crippen LogP contribution is -2.42. The zero-order chi connectivity index (χ0) is 16.5. The lowest BCUT2D eigenvalue weighted by molar-refractivity contribution is -0.121. The van der Waals surface area contributed by atoms with Crippen LogP contribution in [0.1, 0.15) is 24.8 Å². The van der Waals surface area contributed by atoms with Crippen molar-refractivity contribution in [2.45, 2.75) is 31.8 Å². The van der Waals surface area contributed by atoms with Crippen LogP contribution in [0.3, 0.4) is 0 Å². The summed E-state index contributed by atoms with van der Waals surface area (Å²) < 4.78 is 0. The van der Waals surface area contributed by atoms with E-state index in [1.807, 2.05) is 23.9 Å². The molecule has 3 aliphatic rings. The van der Waals surface area contributed by atoms with Gasteiger partial charge in [0.1, 0.15) is 0 Å². The molecule has 1 aromatic rings. The molecule has 2 bridgehead atoms. The topological polar surface area (TPSA) is 58.4 Å². The maximum Gasteiger partial charge on any atom is 0.229 e. The van der Waals surface area contributed by atoms with Gasteiger partial charge >= 0.3 is 0 Å². The molecule has 0 radical (unpaired) electrons. The Morgan fingerprint density at radius 2 is 1.92 bits per heavy atom. The van der Waals surface area contributed by atoms with Gasteiger partial charge in [-0.3, -0.25) is 9.69 Å². The molecule has 1 heterocycles. The molecule has 1 aromatic carbocycles. The smallest absolute Gasteiger partial charge is 0.229 e. The van der Waals surface area contributed by atoms with Crippen LogP contribution in [0.4, 0.5) is 5.69 Å². The third-order valence-electron chi connectivity index (χ3n) is 5.99. The second-order valence-electron chi connectivity index (χ2n) is 7.51. The van der Waals surface area contributed by atoms with Gasteiger partial charge in [0, 0.05) is 42.9 Å². The lowest BCUT2D eigenvalue weighted by atomic mass is 9.84. The van der Waals surface area contributed by atoms with Gasteiger partial charge in [0.25, 0.3) is 0 Å². The summed E-state index contributed by atoms with van der Waals surface area (Å²) >= 11 is 2.03. The molecule has 2 aliphatic carbocycles. The maximum absolute atomic E-state index is 12.7. The molecule has 4 unspecified atom stereocenters. The predicted molar refractivity (Wildman–Crippen MR) is 114 cm³/mol. The van der Waals surface area contributed by atoms with Gasteiger partial charge in [-0.25, -0.2) is 0 Å². The Morgan fingerprint density at radius 1 is 1.19 bits per heavy atom. The number of nitrogens with two attached hydrogens (primary N) is 1. The molecule has 1 aliphatic heterocycles. The molecule has 4 atom stereocenters. The van der Waals surface area contributed by atoms with Crippen LogP contribution >= 0.6 is 36.6 Å². The van der Waals surface area contributed by atoms with E-state index in [1.54, 1.807) is 0 Å². The van der Waals surface area contributed by atoms with E-state index in [2.05, 4.69) is 22.3 Å². The van der Waals surface area contributed by atoms with Gasteiger partial charge in [0.15, 0.2) is 0 Å². The molecule has 1 amide bonds. The van der Waals surface area contributed by atoms with Crippen molar-refractivity contribution in [1.29, 1.82) is 0 Å². The first-order chi connectivity index (χ1) is 11.7. The molecular formula is C19H29Cl2N3OS. The van der Waals surface area contributed by atoms with Crippen LogP contribution in [0.25, 0.3) is 0 Å². The molecule has 4 nitrogen and oxygen atoms in total. The zero-order valence-electron chi connectivity index (χ0n) is 14.9. The number of anilines is 1. The summed E-state index contributed by atoms with van der Waals surface area (Å²) in [6.45, 7) is 3.28. The van der Waals surface area contributed by atoms with Crippen LogP contribution in [-0.2, 0) is 11.3 Å². The highest BCUT2D eigenvalue weighted by atomic mass is 35.5. The van der Waals surface area contributed by atoms with Gasteiger partial charge in [-0.2, -0.15) is 11.8 Å². The molecule has 3 N–H and O–H groups in total. The molecule has 0 aromatic heterocycles. The Hall–Kier alpha value is -0.460. The summed E-state index contributed by atoms with van der Waals surface area (Å²) in [5, 5.41) is 3.14. The summed E-state index contributed by atoms with van der Waals surface area (Å²) in [7, 11) is 0. The number of hydrogen-bond donors (Lipinski definition) is 2. The Labute approximate surface area is 172 Å². The van der Waals surface area contributed by atoms with E-state index in [0.29, 0.717) is 11.8 Å². The summed E-state index contributed by atoms with van der Waals surface area (Å²) in [4.78, 5) is 15.2. The van der Waals surface area contributed by atoms with Crippen LogP contribution in [0.2, 0.25) is 0 Å². The van der Waals surface area contributed by atoms with Crippen molar-refractivity contribution in [1.82, 2.24) is 4.90 Å². The fourth-order valence-electron chi connectivity index (χ4n) is 4.72. The van der Waals surface area contributed by atoms with Crippen LogP contribution in [0, 0.1) is 17.8 Å². The van der Waals surface area contributed by atoms with E-state index < -0.39 is 0 Å². The van der Waals surface area contributed by atoms with E-state index in [0.717, 1.165) is 31.7 Å². The fourth-order valence-corrected chi connectivity index (χ4v) is 5.69. The number of hydrogen-bond acceptors (Lipinski definition) is 4. The first kappa shape index (κ1) is 21.8. The molecule has 4 rings (SSSR count). The number of nitrogens with one attached hydrogen (secondary N) is 1. The fraction of sp³-hybridized carbons (Fsp3) is 0.632. The second-order valence-corrected chi connectivity index (χ2v) is 8.74. The molecule has 0 spiro atoms. The number of fused-ring (bicyclic) bond motifs is 2.